The molecule has 1 aliphatic rings. The predicted molar refractivity (Wildman–Crippen MR) is 127 cm³/mol. The van der Waals surface area contributed by atoms with Crippen LogP contribution in [0.2, 0.25) is 0 Å². The van der Waals surface area contributed by atoms with Crippen LogP contribution in [0.5, 0.6) is 0 Å². The van der Waals surface area contributed by atoms with Gasteiger partial charge in [0, 0.05) is 17.8 Å². The Morgan fingerprint density at radius 3 is 2.69 bits per heavy atom. The molecular formula is C25H32N2O4S. The van der Waals surface area contributed by atoms with Crippen molar-refractivity contribution < 1.29 is 18.7 Å². The highest BCUT2D eigenvalue weighted by molar-refractivity contribution is 7.80. The second-order valence-electron chi connectivity index (χ2n) is 8.62. The van der Waals surface area contributed by atoms with Crippen molar-refractivity contribution in [3.8, 4) is 0 Å². The van der Waals surface area contributed by atoms with Crippen molar-refractivity contribution in [3.05, 3.63) is 60.1 Å². The lowest BCUT2D eigenvalue weighted by molar-refractivity contribution is -0.133. The number of amides is 2. The van der Waals surface area contributed by atoms with Crippen LogP contribution in [0.25, 0.3) is 0 Å². The van der Waals surface area contributed by atoms with Crippen molar-refractivity contribution in [1.82, 2.24) is 10.2 Å². The lowest BCUT2D eigenvalue weighted by atomic mass is 10.0. The number of aryl methyl sites for hydroxylation is 1. The molecule has 2 atom stereocenters. The molecule has 0 aliphatic carbocycles. The number of nitrogens with one attached hydrogen (secondary N) is 1. The molecule has 0 radical (unpaired) electrons. The molecule has 1 N–H and O–H groups in total. The van der Waals surface area contributed by atoms with Crippen LogP contribution < -0.4 is 5.32 Å². The van der Waals surface area contributed by atoms with Crippen molar-refractivity contribution in [2.24, 2.45) is 5.92 Å². The molecule has 2 aromatic rings. The summed E-state index contributed by atoms with van der Waals surface area (Å²) in [6.07, 6.45) is 4.80. The third kappa shape index (κ3) is 6.92. The number of ether oxygens (including phenoxy) is 1. The number of nitrogens with zero attached hydrogens (tertiary/aromatic N) is 1. The van der Waals surface area contributed by atoms with Gasteiger partial charge in [-0.15, -0.1) is 0 Å². The highest BCUT2D eigenvalue weighted by Crippen LogP contribution is 2.23. The largest absolute Gasteiger partial charge is 0.469 e. The number of carbonyl (C=O) groups excluding carboxylic acids is 2. The second-order valence-corrected chi connectivity index (χ2v) is 9.15. The number of hydrogen-bond donors (Lipinski definition) is 1. The van der Waals surface area contributed by atoms with E-state index in [1.807, 2.05) is 61.2 Å². The third-order valence-electron chi connectivity index (χ3n) is 5.62. The van der Waals surface area contributed by atoms with E-state index in [0.29, 0.717) is 19.4 Å². The lowest BCUT2D eigenvalue weighted by Crippen LogP contribution is -2.52. The van der Waals surface area contributed by atoms with E-state index in [0.717, 1.165) is 35.5 Å². The van der Waals surface area contributed by atoms with Gasteiger partial charge in [0.05, 0.1) is 12.3 Å². The van der Waals surface area contributed by atoms with Gasteiger partial charge in [-0.3, -0.25) is 4.79 Å². The molecule has 2 amide bonds. The highest BCUT2D eigenvalue weighted by atomic mass is 32.1. The molecule has 1 aromatic heterocycles. The SMILES string of the molecule is CC(C)C[C@H](NC(=O)OCc1ccccc1)C(=O)N1CCC[C@H]1C(=S)CCc1ccco1. The van der Waals surface area contributed by atoms with Gasteiger partial charge < -0.3 is 19.4 Å². The van der Waals surface area contributed by atoms with E-state index in [4.69, 9.17) is 21.4 Å². The number of hydrogen-bond acceptors (Lipinski definition) is 5. The summed E-state index contributed by atoms with van der Waals surface area (Å²) in [6, 6.07) is 12.6. The van der Waals surface area contributed by atoms with Crippen LogP contribution in [0.3, 0.4) is 0 Å². The van der Waals surface area contributed by atoms with Gasteiger partial charge in [-0.05, 0) is 49.3 Å². The molecule has 3 rings (SSSR count). The smallest absolute Gasteiger partial charge is 0.408 e. The molecule has 32 heavy (non-hydrogen) atoms. The van der Waals surface area contributed by atoms with Crippen molar-refractivity contribution in [2.45, 2.75) is 64.6 Å². The summed E-state index contributed by atoms with van der Waals surface area (Å²) in [5.41, 5.74) is 0.899. The van der Waals surface area contributed by atoms with Gasteiger partial charge >= 0.3 is 6.09 Å². The van der Waals surface area contributed by atoms with Gasteiger partial charge in [-0.1, -0.05) is 56.4 Å². The second kappa shape index (κ2) is 11.8. The number of benzene rings is 1. The Labute approximate surface area is 195 Å². The summed E-state index contributed by atoms with van der Waals surface area (Å²) in [4.78, 5) is 28.6. The zero-order valence-corrected chi connectivity index (χ0v) is 19.6. The van der Waals surface area contributed by atoms with Crippen LogP contribution in [0.15, 0.2) is 53.1 Å². The van der Waals surface area contributed by atoms with Crippen molar-refractivity contribution in [3.63, 3.8) is 0 Å². The molecule has 0 unspecified atom stereocenters. The first-order chi connectivity index (χ1) is 15.4. The standard InChI is InChI=1S/C25H32N2O4S/c1-18(2)16-21(26-25(29)31-17-19-8-4-3-5-9-19)24(28)27-14-6-11-22(27)23(32)13-12-20-10-7-15-30-20/h3-5,7-10,15,18,21-22H,6,11-14,16-17H2,1-2H3,(H,26,29)/t21-,22-/m0/s1. The number of furan rings is 1. The van der Waals surface area contributed by atoms with Crippen molar-refractivity contribution >= 4 is 29.1 Å². The maximum atomic E-state index is 13.4. The lowest BCUT2D eigenvalue weighted by Gasteiger charge is -2.30. The van der Waals surface area contributed by atoms with Crippen LogP contribution >= 0.6 is 12.2 Å². The fourth-order valence-electron chi connectivity index (χ4n) is 4.03. The number of alkyl carbamates (subject to hydrolysis) is 1. The minimum absolute atomic E-state index is 0.0794. The van der Waals surface area contributed by atoms with Gasteiger partial charge in [0.15, 0.2) is 0 Å². The molecular weight excluding hydrogens is 424 g/mol. The van der Waals surface area contributed by atoms with E-state index in [1.54, 1.807) is 6.26 Å². The number of carbonyl (C=O) groups is 2. The fourth-order valence-corrected chi connectivity index (χ4v) is 4.38. The summed E-state index contributed by atoms with van der Waals surface area (Å²) in [6.45, 7) is 4.89. The zero-order chi connectivity index (χ0) is 22.9. The molecule has 6 nitrogen and oxygen atoms in total. The Bertz CT molecular complexity index is 883. The molecule has 1 aromatic carbocycles. The third-order valence-corrected chi connectivity index (χ3v) is 6.09. The fraction of sp³-hybridized carbons (Fsp3) is 0.480. The molecule has 0 saturated carbocycles. The minimum atomic E-state index is -0.633. The molecule has 7 heteroatoms. The van der Waals surface area contributed by atoms with Gasteiger partial charge in [0.25, 0.3) is 0 Å². The molecule has 172 valence electrons. The van der Waals surface area contributed by atoms with E-state index in [2.05, 4.69) is 5.32 Å². The van der Waals surface area contributed by atoms with Crippen molar-refractivity contribution in [1.29, 1.82) is 0 Å². The average Bonchev–Trinajstić information content (AvgIpc) is 3.47. The number of likely N-dealkylation sites (tertiary alicyclic amines) is 1. The minimum Gasteiger partial charge on any atom is -0.469 e. The summed E-state index contributed by atoms with van der Waals surface area (Å²) in [5, 5.41) is 2.80. The topological polar surface area (TPSA) is 71.8 Å². The van der Waals surface area contributed by atoms with E-state index in [-0.39, 0.29) is 24.5 Å². The first-order valence-corrected chi connectivity index (χ1v) is 11.7. The van der Waals surface area contributed by atoms with E-state index < -0.39 is 12.1 Å². The van der Waals surface area contributed by atoms with E-state index in [1.165, 1.54) is 0 Å². The number of thiocarbonyl (C=S) groups is 1. The summed E-state index contributed by atoms with van der Waals surface area (Å²) >= 11 is 5.69. The van der Waals surface area contributed by atoms with E-state index >= 15 is 0 Å². The first kappa shape index (κ1) is 24.0. The molecule has 1 aliphatic heterocycles. The Hall–Kier alpha value is -2.67. The Balaban J connectivity index is 1.59. The number of rotatable bonds is 10. The normalized spacial score (nSPS) is 16.7. The Kier molecular flexibility index (Phi) is 8.85. The van der Waals surface area contributed by atoms with Gasteiger partial charge in [-0.2, -0.15) is 0 Å². The van der Waals surface area contributed by atoms with Crippen LogP contribution in [0.1, 0.15) is 50.9 Å². The van der Waals surface area contributed by atoms with E-state index in [9.17, 15) is 9.59 Å². The first-order valence-electron chi connectivity index (χ1n) is 11.3. The highest BCUT2D eigenvalue weighted by Gasteiger charge is 2.36. The predicted octanol–water partition coefficient (Wildman–Crippen LogP) is 4.91. The summed E-state index contributed by atoms with van der Waals surface area (Å²) < 4.78 is 10.8. The molecule has 0 spiro atoms. The van der Waals surface area contributed by atoms with Crippen LogP contribution in [-0.2, 0) is 22.6 Å². The Morgan fingerprint density at radius 1 is 1.22 bits per heavy atom. The molecule has 1 saturated heterocycles. The maximum Gasteiger partial charge on any atom is 0.408 e. The molecule has 0 bridgehead atoms. The van der Waals surface area contributed by atoms with Crippen molar-refractivity contribution in [2.75, 3.05) is 6.54 Å². The van der Waals surface area contributed by atoms with Crippen LogP contribution in [0, 0.1) is 5.92 Å². The monoisotopic (exact) mass is 456 g/mol. The van der Waals surface area contributed by atoms with Crippen LogP contribution in [0.4, 0.5) is 4.79 Å². The molecule has 2 heterocycles. The zero-order valence-electron chi connectivity index (χ0n) is 18.8. The van der Waals surface area contributed by atoms with Gasteiger partial charge in [0.2, 0.25) is 5.91 Å². The average molecular weight is 457 g/mol. The van der Waals surface area contributed by atoms with Crippen LogP contribution in [-0.4, -0.2) is 40.4 Å². The maximum absolute atomic E-state index is 13.4. The quantitative estimate of drug-likeness (QED) is 0.514. The Morgan fingerprint density at radius 2 is 2.00 bits per heavy atom. The molecule has 1 fully saturated rings. The van der Waals surface area contributed by atoms with Gasteiger partial charge in [0.1, 0.15) is 18.4 Å². The van der Waals surface area contributed by atoms with Gasteiger partial charge in [-0.25, -0.2) is 4.79 Å². The summed E-state index contributed by atoms with van der Waals surface area (Å²) in [7, 11) is 0. The summed E-state index contributed by atoms with van der Waals surface area (Å²) in [5.74, 6) is 1.05.